The van der Waals surface area contributed by atoms with Crippen LogP contribution in [0.2, 0.25) is 19.6 Å². The maximum atomic E-state index is 11.9. The second-order valence-electron chi connectivity index (χ2n) is 6.70. The molecule has 0 radical (unpaired) electrons. The highest BCUT2D eigenvalue weighted by molar-refractivity contribution is 6.69. The molecule has 0 aliphatic heterocycles. The summed E-state index contributed by atoms with van der Waals surface area (Å²) in [7, 11) is -0.120. The summed E-state index contributed by atoms with van der Waals surface area (Å²) in [5, 5.41) is 0. The van der Waals surface area contributed by atoms with Crippen molar-refractivity contribution in [3.63, 3.8) is 0 Å². The molecule has 98 valence electrons. The van der Waals surface area contributed by atoms with Crippen LogP contribution in [0.25, 0.3) is 0 Å². The van der Waals surface area contributed by atoms with Crippen molar-refractivity contribution in [3.05, 3.63) is 0 Å². The standard InChI is InChI=1S/C13H24O3Si/c1-13-8-6-7-9(13)10(12(14)15-2)11(13)16-17(3,4)5/h9-11H,6-8H2,1-5H3/t9-,10+,11+,13+/m0/s1. The number of ether oxygens (including phenoxy) is 1. The van der Waals surface area contributed by atoms with Gasteiger partial charge in [-0.2, -0.15) is 0 Å². The Morgan fingerprint density at radius 2 is 2.00 bits per heavy atom. The third kappa shape index (κ3) is 2.06. The largest absolute Gasteiger partial charge is 0.469 e. The smallest absolute Gasteiger partial charge is 0.311 e. The predicted molar refractivity (Wildman–Crippen MR) is 69.2 cm³/mol. The first-order valence-corrected chi connectivity index (χ1v) is 9.96. The van der Waals surface area contributed by atoms with Crippen LogP contribution in [0.5, 0.6) is 0 Å². The van der Waals surface area contributed by atoms with E-state index < -0.39 is 8.32 Å². The van der Waals surface area contributed by atoms with E-state index in [-0.39, 0.29) is 23.4 Å². The molecule has 0 aromatic heterocycles. The lowest BCUT2D eigenvalue weighted by Gasteiger charge is -2.56. The van der Waals surface area contributed by atoms with E-state index in [2.05, 4.69) is 26.6 Å². The topological polar surface area (TPSA) is 35.5 Å². The summed E-state index contributed by atoms with van der Waals surface area (Å²) in [6.07, 6.45) is 3.66. The number of fused-ring (bicyclic) bond motifs is 1. The van der Waals surface area contributed by atoms with Gasteiger partial charge in [0.05, 0.1) is 19.1 Å². The summed E-state index contributed by atoms with van der Waals surface area (Å²) in [6.45, 7) is 8.85. The molecule has 0 aromatic carbocycles. The number of carbonyl (C=O) groups excluding carboxylic acids is 1. The second kappa shape index (κ2) is 4.09. The van der Waals surface area contributed by atoms with Gasteiger partial charge < -0.3 is 9.16 Å². The average molecular weight is 256 g/mol. The Morgan fingerprint density at radius 3 is 2.53 bits per heavy atom. The third-order valence-corrected chi connectivity index (χ3v) is 5.40. The van der Waals surface area contributed by atoms with Gasteiger partial charge in [-0.25, -0.2) is 0 Å². The summed E-state index contributed by atoms with van der Waals surface area (Å²) in [4.78, 5) is 11.9. The van der Waals surface area contributed by atoms with Crippen LogP contribution in [0.3, 0.4) is 0 Å². The zero-order valence-corrected chi connectivity index (χ0v) is 12.6. The molecule has 4 heteroatoms. The van der Waals surface area contributed by atoms with E-state index in [0.717, 1.165) is 6.42 Å². The Bertz CT molecular complexity index is 323. The van der Waals surface area contributed by atoms with Crippen molar-refractivity contribution in [1.82, 2.24) is 0 Å². The van der Waals surface area contributed by atoms with E-state index in [1.807, 2.05) is 0 Å². The molecule has 2 aliphatic rings. The Hall–Kier alpha value is -0.353. The summed E-state index contributed by atoms with van der Waals surface area (Å²) in [5.74, 6) is 0.396. The van der Waals surface area contributed by atoms with Gasteiger partial charge in [-0.15, -0.1) is 0 Å². The van der Waals surface area contributed by atoms with Crippen LogP contribution in [0.1, 0.15) is 26.2 Å². The summed E-state index contributed by atoms with van der Waals surface area (Å²) >= 11 is 0. The third-order valence-electron chi connectivity index (χ3n) is 4.44. The first-order chi connectivity index (χ1) is 7.79. The minimum absolute atomic E-state index is 0.0146. The zero-order valence-electron chi connectivity index (χ0n) is 11.6. The maximum absolute atomic E-state index is 11.9. The summed E-state index contributed by atoms with van der Waals surface area (Å²) < 4.78 is 11.2. The average Bonchev–Trinajstić information content (AvgIpc) is 2.54. The van der Waals surface area contributed by atoms with E-state index in [1.54, 1.807) is 0 Å². The normalized spacial score (nSPS) is 40.6. The van der Waals surface area contributed by atoms with Gasteiger partial charge >= 0.3 is 5.97 Å². The molecule has 0 amide bonds. The molecule has 0 spiro atoms. The first kappa shape index (κ1) is 13.1. The molecule has 2 saturated carbocycles. The highest BCUT2D eigenvalue weighted by Crippen LogP contribution is 2.62. The Morgan fingerprint density at radius 1 is 1.35 bits per heavy atom. The molecular weight excluding hydrogens is 232 g/mol. The van der Waals surface area contributed by atoms with Crippen molar-refractivity contribution in [3.8, 4) is 0 Å². The molecule has 2 aliphatic carbocycles. The molecule has 3 nitrogen and oxygen atoms in total. The minimum Gasteiger partial charge on any atom is -0.469 e. The van der Waals surface area contributed by atoms with E-state index in [1.165, 1.54) is 20.0 Å². The Balaban J connectivity index is 2.18. The molecule has 2 rings (SSSR count). The number of hydrogen-bond acceptors (Lipinski definition) is 3. The molecule has 0 unspecified atom stereocenters. The van der Waals surface area contributed by atoms with Crippen LogP contribution in [0.4, 0.5) is 0 Å². The van der Waals surface area contributed by atoms with Gasteiger partial charge in [0, 0.05) is 0 Å². The second-order valence-corrected chi connectivity index (χ2v) is 11.2. The maximum Gasteiger partial charge on any atom is 0.311 e. The zero-order chi connectivity index (χ0) is 12.8. The molecule has 4 atom stereocenters. The van der Waals surface area contributed by atoms with Gasteiger partial charge in [-0.05, 0) is 43.8 Å². The Kier molecular flexibility index (Phi) is 3.15. The predicted octanol–water partition coefficient (Wildman–Crippen LogP) is 2.82. The highest BCUT2D eigenvalue weighted by atomic mass is 28.4. The van der Waals surface area contributed by atoms with Crippen molar-refractivity contribution in [2.45, 2.75) is 51.9 Å². The van der Waals surface area contributed by atoms with E-state index in [0.29, 0.717) is 5.92 Å². The molecule has 17 heavy (non-hydrogen) atoms. The van der Waals surface area contributed by atoms with Crippen molar-refractivity contribution in [2.75, 3.05) is 7.11 Å². The number of esters is 1. The van der Waals surface area contributed by atoms with Crippen LogP contribution in [0.15, 0.2) is 0 Å². The lowest BCUT2D eigenvalue weighted by atomic mass is 9.54. The quantitative estimate of drug-likeness (QED) is 0.575. The first-order valence-electron chi connectivity index (χ1n) is 6.55. The van der Waals surface area contributed by atoms with Crippen LogP contribution >= 0.6 is 0 Å². The fourth-order valence-electron chi connectivity index (χ4n) is 3.68. The monoisotopic (exact) mass is 256 g/mol. The lowest BCUT2D eigenvalue weighted by molar-refractivity contribution is -0.185. The van der Waals surface area contributed by atoms with Crippen LogP contribution in [0, 0.1) is 17.3 Å². The van der Waals surface area contributed by atoms with Crippen LogP contribution < -0.4 is 0 Å². The van der Waals surface area contributed by atoms with Gasteiger partial charge in [-0.1, -0.05) is 13.3 Å². The molecule has 0 saturated heterocycles. The fourth-order valence-corrected chi connectivity index (χ4v) is 4.85. The van der Waals surface area contributed by atoms with Gasteiger partial charge in [0.1, 0.15) is 0 Å². The molecule has 0 N–H and O–H groups in total. The number of carbonyl (C=O) groups is 1. The van der Waals surface area contributed by atoms with Gasteiger partial charge in [0.15, 0.2) is 8.32 Å². The van der Waals surface area contributed by atoms with Crippen molar-refractivity contribution in [1.29, 1.82) is 0 Å². The molecule has 0 heterocycles. The summed E-state index contributed by atoms with van der Waals surface area (Å²) in [6, 6.07) is 0. The van der Waals surface area contributed by atoms with Crippen molar-refractivity contribution < 1.29 is 14.0 Å². The number of rotatable bonds is 3. The van der Waals surface area contributed by atoms with Gasteiger partial charge in [0.25, 0.3) is 0 Å². The number of hydrogen-bond donors (Lipinski definition) is 0. The highest BCUT2D eigenvalue weighted by Gasteiger charge is 2.65. The molecule has 0 bridgehead atoms. The van der Waals surface area contributed by atoms with Crippen molar-refractivity contribution in [2.24, 2.45) is 17.3 Å². The fraction of sp³-hybridized carbons (Fsp3) is 0.923. The van der Waals surface area contributed by atoms with Gasteiger partial charge in [-0.3, -0.25) is 4.79 Å². The minimum atomic E-state index is -1.61. The summed E-state index contributed by atoms with van der Waals surface area (Å²) in [5.41, 5.74) is 0.221. The van der Waals surface area contributed by atoms with Crippen LogP contribution in [-0.2, 0) is 14.0 Å². The van der Waals surface area contributed by atoms with Gasteiger partial charge in [0.2, 0.25) is 0 Å². The number of methoxy groups -OCH3 is 1. The van der Waals surface area contributed by atoms with E-state index in [9.17, 15) is 4.79 Å². The van der Waals surface area contributed by atoms with E-state index in [4.69, 9.17) is 9.16 Å². The van der Waals surface area contributed by atoms with Crippen molar-refractivity contribution >= 4 is 14.3 Å². The van der Waals surface area contributed by atoms with E-state index >= 15 is 0 Å². The Labute approximate surface area is 105 Å². The SMILES string of the molecule is COC(=O)[C@H]1[C@@H](O[Si](C)(C)C)[C@]2(C)CCC[C@@H]12. The molecule has 2 fully saturated rings. The lowest BCUT2D eigenvalue weighted by Crippen LogP contribution is -2.63. The van der Waals surface area contributed by atoms with Crippen LogP contribution in [-0.4, -0.2) is 27.5 Å². The molecule has 0 aromatic rings. The molecular formula is C13H24O3Si.